The van der Waals surface area contributed by atoms with Crippen LogP contribution in [0.15, 0.2) is 24.3 Å². The van der Waals surface area contributed by atoms with Crippen molar-refractivity contribution in [3.05, 3.63) is 24.3 Å². The van der Waals surface area contributed by atoms with E-state index < -0.39 is 0 Å². The van der Waals surface area contributed by atoms with Gasteiger partial charge < -0.3 is 11.5 Å². The van der Waals surface area contributed by atoms with Crippen LogP contribution in [0.4, 0.5) is 0 Å². The van der Waals surface area contributed by atoms with Gasteiger partial charge >= 0.3 is 0 Å². The van der Waals surface area contributed by atoms with E-state index in [-0.39, 0.29) is 11.8 Å². The lowest BCUT2D eigenvalue weighted by Crippen LogP contribution is -2.09. The highest BCUT2D eigenvalue weighted by molar-refractivity contribution is 5.73. The molecule has 0 aliphatic rings. The minimum atomic E-state index is -0.154. The lowest BCUT2D eigenvalue weighted by molar-refractivity contribution is -0.119. The minimum absolute atomic E-state index is 0.154. The second kappa shape index (κ2) is 46.6. The number of nitrogens with two attached hydrogens (primary N) is 2. The Balaban J connectivity index is 3.14. The van der Waals surface area contributed by atoms with Crippen LogP contribution in [0.5, 0.6) is 0 Å². The van der Waals surface area contributed by atoms with Gasteiger partial charge in [-0.05, 0) is 64.2 Å². The van der Waals surface area contributed by atoms with Gasteiger partial charge in [0.2, 0.25) is 11.8 Å². The van der Waals surface area contributed by atoms with Crippen LogP contribution in [0.1, 0.15) is 276 Å². The third-order valence-electron chi connectivity index (χ3n) is 11.2. The molecule has 0 aromatic carbocycles. The molecule has 0 heterocycles. The summed E-state index contributed by atoms with van der Waals surface area (Å²) in [4.78, 5) is 21.5. The first kappa shape index (κ1) is 51.4. The van der Waals surface area contributed by atoms with Crippen LogP contribution >= 0.6 is 0 Å². The molecular formula is C49H94N2O2. The maximum atomic E-state index is 10.7. The van der Waals surface area contributed by atoms with Crippen molar-refractivity contribution in [3.8, 4) is 0 Å². The Morgan fingerprint density at radius 3 is 0.509 bits per heavy atom. The predicted octanol–water partition coefficient (Wildman–Crippen LogP) is 15.8. The van der Waals surface area contributed by atoms with Crippen LogP contribution in [0, 0.1) is 0 Å². The van der Waals surface area contributed by atoms with E-state index >= 15 is 0 Å². The number of carbonyl (C=O) groups excluding carboxylic acids is 2. The first-order valence-corrected chi connectivity index (χ1v) is 24.0. The van der Waals surface area contributed by atoms with Crippen LogP contribution in [-0.4, -0.2) is 11.8 Å². The van der Waals surface area contributed by atoms with Gasteiger partial charge in [-0.25, -0.2) is 0 Å². The summed E-state index contributed by atoms with van der Waals surface area (Å²) >= 11 is 0. The molecule has 0 saturated carbocycles. The number of carbonyl (C=O) groups is 2. The molecule has 312 valence electrons. The first-order chi connectivity index (χ1) is 26.1. The SMILES string of the molecule is NC(=O)CCCCCCCCCCCCC/C=C\CCCCCCCCCCCCCCCCC/C=C\CCCCCCCCCCCCCC(N)=O. The molecule has 4 N–H and O–H groups in total. The summed E-state index contributed by atoms with van der Waals surface area (Å²) in [6, 6.07) is 0. The van der Waals surface area contributed by atoms with Crippen molar-refractivity contribution in [2.24, 2.45) is 11.5 Å². The van der Waals surface area contributed by atoms with E-state index in [1.807, 2.05) is 0 Å². The number of hydrogen-bond acceptors (Lipinski definition) is 2. The Labute approximate surface area is 332 Å². The highest BCUT2D eigenvalue weighted by Gasteiger charge is 1.98. The molecule has 53 heavy (non-hydrogen) atoms. The molecule has 0 aromatic rings. The second-order valence-electron chi connectivity index (χ2n) is 16.6. The Morgan fingerprint density at radius 1 is 0.226 bits per heavy atom. The molecule has 0 aromatic heterocycles. The molecule has 0 rings (SSSR count). The van der Waals surface area contributed by atoms with Crippen LogP contribution in [-0.2, 0) is 9.59 Å². The van der Waals surface area contributed by atoms with Gasteiger partial charge in [-0.15, -0.1) is 0 Å². The zero-order valence-electron chi connectivity index (χ0n) is 35.7. The predicted molar refractivity (Wildman–Crippen MR) is 235 cm³/mol. The minimum Gasteiger partial charge on any atom is -0.370 e. The molecule has 0 aliphatic heterocycles. The fraction of sp³-hybridized carbons (Fsp3) is 0.878. The summed E-state index contributed by atoms with van der Waals surface area (Å²) in [6.07, 6.45) is 66.3. The standard InChI is InChI=1S/C49H94N2O2/c50-48(52)46-44-42-40-38-36-34-32-30-28-26-24-22-20-18-16-14-12-10-8-6-4-2-1-3-5-7-9-11-13-15-17-19-21-23-25-27-29-31-33-35-37-39-41-43-45-47-49(51)53/h18-21H,1-17,22-47H2,(H2,50,52)(H2,51,53)/b20-18-,21-19-. The summed E-state index contributed by atoms with van der Waals surface area (Å²) in [5.74, 6) is -0.308. The third-order valence-corrected chi connectivity index (χ3v) is 11.2. The van der Waals surface area contributed by atoms with Gasteiger partial charge in [-0.3, -0.25) is 9.59 Å². The first-order valence-electron chi connectivity index (χ1n) is 24.0. The van der Waals surface area contributed by atoms with E-state index in [0.717, 1.165) is 25.7 Å². The summed E-state index contributed by atoms with van der Waals surface area (Å²) in [5, 5.41) is 0. The summed E-state index contributed by atoms with van der Waals surface area (Å²) in [5.41, 5.74) is 10.4. The average Bonchev–Trinajstić information content (AvgIpc) is 3.14. The zero-order valence-corrected chi connectivity index (χ0v) is 35.7. The van der Waals surface area contributed by atoms with Gasteiger partial charge in [0.15, 0.2) is 0 Å². The molecule has 4 heteroatoms. The third kappa shape index (κ3) is 50.4. The molecular weight excluding hydrogens is 649 g/mol. The van der Waals surface area contributed by atoms with E-state index in [9.17, 15) is 9.59 Å². The van der Waals surface area contributed by atoms with E-state index in [1.165, 1.54) is 238 Å². The summed E-state index contributed by atoms with van der Waals surface area (Å²) in [7, 11) is 0. The van der Waals surface area contributed by atoms with E-state index in [2.05, 4.69) is 24.3 Å². The molecule has 0 saturated heterocycles. The maximum Gasteiger partial charge on any atom is 0.217 e. The fourth-order valence-electron chi connectivity index (χ4n) is 7.60. The zero-order chi connectivity index (χ0) is 38.4. The molecule has 2 amide bonds. The van der Waals surface area contributed by atoms with Crippen LogP contribution in [0.2, 0.25) is 0 Å². The number of amides is 2. The quantitative estimate of drug-likeness (QED) is 0.0480. The van der Waals surface area contributed by atoms with E-state index in [1.54, 1.807) is 0 Å². The molecule has 0 aliphatic carbocycles. The van der Waals surface area contributed by atoms with Gasteiger partial charge in [-0.2, -0.15) is 0 Å². The Hall–Kier alpha value is -1.58. The lowest BCUT2D eigenvalue weighted by Gasteiger charge is -2.03. The topological polar surface area (TPSA) is 86.2 Å². The van der Waals surface area contributed by atoms with Gasteiger partial charge in [0.25, 0.3) is 0 Å². The molecule has 0 spiro atoms. The number of hydrogen-bond donors (Lipinski definition) is 2. The van der Waals surface area contributed by atoms with Crippen LogP contribution in [0.3, 0.4) is 0 Å². The van der Waals surface area contributed by atoms with Gasteiger partial charge in [0.05, 0.1) is 0 Å². The van der Waals surface area contributed by atoms with E-state index in [4.69, 9.17) is 11.5 Å². The fourth-order valence-corrected chi connectivity index (χ4v) is 7.60. The van der Waals surface area contributed by atoms with Crippen molar-refractivity contribution in [2.75, 3.05) is 0 Å². The van der Waals surface area contributed by atoms with E-state index in [0.29, 0.717) is 12.8 Å². The van der Waals surface area contributed by atoms with Crippen LogP contribution in [0.25, 0.3) is 0 Å². The van der Waals surface area contributed by atoms with Gasteiger partial charge in [0.1, 0.15) is 0 Å². The molecule has 0 unspecified atom stereocenters. The van der Waals surface area contributed by atoms with Crippen molar-refractivity contribution >= 4 is 11.8 Å². The van der Waals surface area contributed by atoms with Crippen molar-refractivity contribution in [1.82, 2.24) is 0 Å². The summed E-state index contributed by atoms with van der Waals surface area (Å²) in [6.45, 7) is 0. The smallest absolute Gasteiger partial charge is 0.217 e. The normalized spacial score (nSPS) is 11.8. The maximum absolute atomic E-state index is 10.7. The second-order valence-corrected chi connectivity index (χ2v) is 16.6. The Morgan fingerprint density at radius 2 is 0.358 bits per heavy atom. The molecule has 0 fully saturated rings. The highest BCUT2D eigenvalue weighted by atomic mass is 16.1. The molecule has 4 nitrogen and oxygen atoms in total. The number of unbranched alkanes of at least 4 members (excludes halogenated alkanes) is 38. The monoisotopic (exact) mass is 743 g/mol. The van der Waals surface area contributed by atoms with Crippen molar-refractivity contribution in [2.45, 2.75) is 276 Å². The molecule has 0 radical (unpaired) electrons. The Kier molecular flexibility index (Phi) is 45.2. The number of primary amides is 2. The molecule has 0 atom stereocenters. The number of allylic oxidation sites excluding steroid dienone is 4. The summed E-state index contributed by atoms with van der Waals surface area (Å²) < 4.78 is 0. The highest BCUT2D eigenvalue weighted by Crippen LogP contribution is 2.16. The largest absolute Gasteiger partial charge is 0.370 e. The average molecular weight is 743 g/mol. The Bertz CT molecular complexity index is 727. The van der Waals surface area contributed by atoms with Gasteiger partial charge in [-0.1, -0.05) is 223 Å². The van der Waals surface area contributed by atoms with Crippen molar-refractivity contribution < 1.29 is 9.59 Å². The van der Waals surface area contributed by atoms with Crippen molar-refractivity contribution in [3.63, 3.8) is 0 Å². The number of rotatable bonds is 46. The van der Waals surface area contributed by atoms with Gasteiger partial charge in [0, 0.05) is 12.8 Å². The molecule has 0 bridgehead atoms. The van der Waals surface area contributed by atoms with Crippen LogP contribution < -0.4 is 11.5 Å². The van der Waals surface area contributed by atoms with Crippen molar-refractivity contribution in [1.29, 1.82) is 0 Å². The lowest BCUT2D eigenvalue weighted by atomic mass is 10.0.